The van der Waals surface area contributed by atoms with Gasteiger partial charge in [-0.1, -0.05) is 84.9 Å². The molecule has 3 aliphatic rings. The topological polar surface area (TPSA) is 162 Å². The van der Waals surface area contributed by atoms with Gasteiger partial charge in [-0.2, -0.15) is 0 Å². The quantitative estimate of drug-likeness (QED) is 0.160. The van der Waals surface area contributed by atoms with Gasteiger partial charge in [0.25, 0.3) is 0 Å². The Morgan fingerprint density at radius 1 is 0.691 bits per heavy atom. The third kappa shape index (κ3) is 8.67. The monoisotopic (exact) mass is 752 g/mol. The van der Waals surface area contributed by atoms with Crippen LogP contribution in [0.4, 0.5) is 0 Å². The first-order valence-corrected chi connectivity index (χ1v) is 17.9. The highest BCUT2D eigenvalue weighted by atomic mass is 16.8. The van der Waals surface area contributed by atoms with Gasteiger partial charge < -0.3 is 43.0 Å². The molecule has 4 aromatic rings. The fourth-order valence-electron chi connectivity index (χ4n) is 6.74. The van der Waals surface area contributed by atoms with Crippen molar-refractivity contribution in [2.24, 2.45) is 0 Å². The molecule has 286 valence electrons. The van der Waals surface area contributed by atoms with Gasteiger partial charge in [0.05, 0.1) is 23.3 Å². The zero-order chi connectivity index (χ0) is 38.5. The van der Waals surface area contributed by atoms with Gasteiger partial charge in [0.15, 0.2) is 18.2 Å². The molecule has 3 heterocycles. The maximum Gasteiger partial charge on any atom is 0.338 e. The van der Waals surface area contributed by atoms with E-state index in [4.69, 9.17) is 37.9 Å². The summed E-state index contributed by atoms with van der Waals surface area (Å²) in [4.78, 5) is 54.7. The Bertz CT molecular complexity index is 1940. The van der Waals surface area contributed by atoms with E-state index in [0.29, 0.717) is 0 Å². The van der Waals surface area contributed by atoms with Crippen molar-refractivity contribution in [3.8, 4) is 0 Å². The molecule has 3 aliphatic heterocycles. The van der Waals surface area contributed by atoms with E-state index in [1.807, 2.05) is 30.3 Å². The van der Waals surface area contributed by atoms with Crippen LogP contribution in [0.2, 0.25) is 0 Å². The summed E-state index contributed by atoms with van der Waals surface area (Å²) >= 11 is 0. The van der Waals surface area contributed by atoms with Crippen LogP contribution >= 0.6 is 0 Å². The zero-order valence-corrected chi connectivity index (χ0v) is 30.0. The lowest BCUT2D eigenvalue weighted by Crippen LogP contribution is -2.64. The van der Waals surface area contributed by atoms with Gasteiger partial charge in [0.2, 0.25) is 11.9 Å². The standard InChI is InChI=1S/C42H40O13/c1-42(2)54-37-36(48-23-25-15-7-3-8-16-25)35(53-41(37)55-42)31(44)33-30(43)34(52-40(47)28-21-13-6-14-22-28)32(51-39(46)27-19-11-5-12-20-27)29(50-33)24-49-38(45)26-17-9-4-10-18-26/h3-22,29,31-37,41,44H,23-24H2,1-2H3/t29-,31-,32-,33+,34-,35-,36+,37-,41-/m1/s1. The number of hydrogen-bond acceptors (Lipinski definition) is 13. The third-order valence-electron chi connectivity index (χ3n) is 9.39. The van der Waals surface area contributed by atoms with E-state index in [-0.39, 0.29) is 23.3 Å². The molecule has 0 aromatic heterocycles. The molecule has 7 rings (SSSR count). The molecule has 0 spiro atoms. The third-order valence-corrected chi connectivity index (χ3v) is 9.39. The highest BCUT2D eigenvalue weighted by Crippen LogP contribution is 2.41. The number of hydrogen-bond donors (Lipinski definition) is 1. The van der Waals surface area contributed by atoms with Crippen molar-refractivity contribution < 1.29 is 62.2 Å². The first-order valence-electron chi connectivity index (χ1n) is 17.9. The minimum atomic E-state index is -1.83. The van der Waals surface area contributed by atoms with Crippen LogP contribution in [0.3, 0.4) is 0 Å². The van der Waals surface area contributed by atoms with Crippen LogP contribution in [-0.4, -0.2) is 96.3 Å². The summed E-state index contributed by atoms with van der Waals surface area (Å²) in [5.74, 6) is -4.47. The Morgan fingerprint density at radius 2 is 1.22 bits per heavy atom. The average Bonchev–Trinajstić information content (AvgIpc) is 3.70. The number of aliphatic hydroxyl groups excluding tert-OH is 1. The number of ketones is 1. The van der Waals surface area contributed by atoms with E-state index in [1.165, 1.54) is 24.3 Å². The van der Waals surface area contributed by atoms with Gasteiger partial charge >= 0.3 is 17.9 Å². The molecule has 3 fully saturated rings. The lowest BCUT2D eigenvalue weighted by atomic mass is 9.90. The van der Waals surface area contributed by atoms with Crippen molar-refractivity contribution in [3.63, 3.8) is 0 Å². The summed E-state index contributed by atoms with van der Waals surface area (Å²) in [6.45, 7) is 2.97. The molecule has 1 N–H and O–H groups in total. The fraction of sp³-hybridized carbons (Fsp3) is 0.333. The first kappa shape index (κ1) is 38.0. The fourth-order valence-corrected chi connectivity index (χ4v) is 6.74. The normalized spacial score (nSPS) is 27.4. The molecule has 0 bridgehead atoms. The number of carbonyl (C=O) groups is 4. The van der Waals surface area contributed by atoms with Crippen LogP contribution < -0.4 is 0 Å². The van der Waals surface area contributed by atoms with Crippen molar-refractivity contribution in [2.75, 3.05) is 6.61 Å². The number of rotatable bonds is 12. The molecular formula is C42H40O13. The van der Waals surface area contributed by atoms with Crippen LogP contribution in [-0.2, 0) is 49.3 Å². The Kier molecular flexibility index (Phi) is 11.5. The summed E-state index contributed by atoms with van der Waals surface area (Å²) in [5.41, 5.74) is 1.30. The van der Waals surface area contributed by atoms with E-state index in [2.05, 4.69) is 0 Å². The molecule has 0 amide bonds. The molecule has 13 nitrogen and oxygen atoms in total. The molecule has 0 aliphatic carbocycles. The molecule has 55 heavy (non-hydrogen) atoms. The smallest absolute Gasteiger partial charge is 0.338 e. The van der Waals surface area contributed by atoms with E-state index in [1.54, 1.807) is 80.6 Å². The molecule has 0 saturated carbocycles. The number of aliphatic hydroxyl groups is 1. The number of ether oxygens (including phenoxy) is 8. The van der Waals surface area contributed by atoms with E-state index >= 15 is 0 Å². The number of fused-ring (bicyclic) bond motifs is 1. The van der Waals surface area contributed by atoms with Crippen molar-refractivity contribution in [1.82, 2.24) is 0 Å². The summed E-state index contributed by atoms with van der Waals surface area (Å²) in [6, 6.07) is 33.3. The van der Waals surface area contributed by atoms with Crippen LogP contribution in [0, 0.1) is 0 Å². The Balaban J connectivity index is 1.21. The highest BCUT2D eigenvalue weighted by molar-refractivity contribution is 5.96. The van der Waals surface area contributed by atoms with Gasteiger partial charge in [-0.25, -0.2) is 14.4 Å². The second kappa shape index (κ2) is 16.6. The van der Waals surface area contributed by atoms with Gasteiger partial charge in [-0.05, 0) is 55.8 Å². The lowest BCUT2D eigenvalue weighted by molar-refractivity contribution is -0.248. The molecular weight excluding hydrogens is 712 g/mol. The second-order valence-electron chi connectivity index (χ2n) is 13.7. The maximum atomic E-state index is 14.5. The van der Waals surface area contributed by atoms with E-state index < -0.39 is 91.2 Å². The summed E-state index contributed by atoms with van der Waals surface area (Å²) < 4.78 is 48.1. The predicted octanol–water partition coefficient (Wildman–Crippen LogP) is 4.45. The number of esters is 3. The minimum absolute atomic E-state index is 0.109. The summed E-state index contributed by atoms with van der Waals surface area (Å²) in [5, 5.41) is 12.1. The van der Waals surface area contributed by atoms with Crippen LogP contribution in [0.1, 0.15) is 50.5 Å². The molecule has 3 saturated heterocycles. The first-order chi connectivity index (χ1) is 26.6. The summed E-state index contributed by atoms with van der Waals surface area (Å²) in [7, 11) is 0. The van der Waals surface area contributed by atoms with Gasteiger partial charge in [-0.15, -0.1) is 0 Å². The lowest BCUT2D eigenvalue weighted by Gasteiger charge is -2.42. The molecule has 4 aromatic carbocycles. The van der Waals surface area contributed by atoms with Crippen molar-refractivity contribution in [1.29, 1.82) is 0 Å². The molecule has 0 unspecified atom stereocenters. The molecule has 9 atom stereocenters. The maximum absolute atomic E-state index is 14.5. The summed E-state index contributed by atoms with van der Waals surface area (Å²) in [6.07, 6.45) is -12.4. The van der Waals surface area contributed by atoms with Crippen molar-refractivity contribution in [3.05, 3.63) is 144 Å². The minimum Gasteiger partial charge on any atom is -0.459 e. The predicted molar refractivity (Wildman–Crippen MR) is 191 cm³/mol. The Labute approximate surface area is 317 Å². The van der Waals surface area contributed by atoms with E-state index in [9.17, 15) is 24.3 Å². The highest BCUT2D eigenvalue weighted by Gasteiger charge is 2.61. The zero-order valence-electron chi connectivity index (χ0n) is 30.0. The largest absolute Gasteiger partial charge is 0.459 e. The number of Topliss-reactive ketones (excluding diaryl/α,β-unsaturated/α-hetero) is 1. The SMILES string of the molecule is CC1(C)O[C@H]2O[C@H]([C@H](O)[C@H]3O[C@H](COC(=O)c4ccccc4)[C@@H](OC(=O)c4ccccc4)[C@H](OC(=O)c4ccccc4)C3=O)[C@H](OCc3ccccc3)[C@H]2O1. The molecule has 13 heteroatoms. The molecule has 0 radical (unpaired) electrons. The van der Waals surface area contributed by atoms with Gasteiger partial charge in [-0.3, -0.25) is 4.79 Å². The van der Waals surface area contributed by atoms with Gasteiger partial charge in [0.1, 0.15) is 43.2 Å². The van der Waals surface area contributed by atoms with Crippen LogP contribution in [0.15, 0.2) is 121 Å². The van der Waals surface area contributed by atoms with Crippen molar-refractivity contribution in [2.45, 2.75) is 81.4 Å². The Morgan fingerprint density at radius 3 is 1.80 bits per heavy atom. The average molecular weight is 753 g/mol. The van der Waals surface area contributed by atoms with Crippen molar-refractivity contribution >= 4 is 23.7 Å². The van der Waals surface area contributed by atoms with E-state index in [0.717, 1.165) is 5.56 Å². The number of benzene rings is 4. The van der Waals surface area contributed by atoms with Crippen LogP contribution in [0.25, 0.3) is 0 Å². The number of carbonyl (C=O) groups excluding carboxylic acids is 4. The Hall–Kier alpha value is -5.28. The second-order valence-corrected chi connectivity index (χ2v) is 13.7. The van der Waals surface area contributed by atoms with Crippen LogP contribution in [0.5, 0.6) is 0 Å². The van der Waals surface area contributed by atoms with Gasteiger partial charge in [0, 0.05) is 0 Å².